The first kappa shape index (κ1) is 26.9. The molecule has 0 aliphatic heterocycles. The van der Waals surface area contributed by atoms with Crippen molar-refractivity contribution in [2.45, 2.75) is 17.9 Å². The van der Waals surface area contributed by atoms with Crippen molar-refractivity contribution in [3.63, 3.8) is 0 Å². The van der Waals surface area contributed by atoms with Gasteiger partial charge in [0.25, 0.3) is 0 Å². The summed E-state index contributed by atoms with van der Waals surface area (Å²) in [6, 6.07) is 7.19. The van der Waals surface area contributed by atoms with Crippen LogP contribution in [0.3, 0.4) is 0 Å². The number of aryl methyl sites for hydroxylation is 1. The SMILES string of the molecule is Cc1ccccc1[I+]/C=C(\CO)OS(=O)(=O)C(F)(F)F.O=S(=O)([O-])C(F)(F)F. The fourth-order valence-corrected chi connectivity index (χ4v) is 3.80. The van der Waals surface area contributed by atoms with Crippen molar-refractivity contribution < 1.29 is 78.2 Å². The molecule has 0 saturated heterocycles. The van der Waals surface area contributed by atoms with E-state index in [-0.39, 0.29) is 0 Å². The van der Waals surface area contributed by atoms with E-state index in [1.807, 2.05) is 19.1 Å². The molecule has 0 saturated carbocycles. The number of hydrogen-bond acceptors (Lipinski definition) is 7. The van der Waals surface area contributed by atoms with E-state index in [1.165, 1.54) is 4.08 Å². The van der Waals surface area contributed by atoms with Crippen LogP contribution in [-0.2, 0) is 24.4 Å². The summed E-state index contributed by atoms with van der Waals surface area (Å²) in [6.45, 7) is 0.912. The lowest BCUT2D eigenvalue weighted by Gasteiger charge is -2.08. The normalized spacial score (nSPS) is 13.5. The van der Waals surface area contributed by atoms with Crippen molar-refractivity contribution in [2.75, 3.05) is 6.61 Å². The second kappa shape index (κ2) is 10.1. The van der Waals surface area contributed by atoms with Gasteiger partial charge in [0.15, 0.2) is 19.4 Å². The molecule has 0 amide bonds. The van der Waals surface area contributed by atoms with E-state index >= 15 is 0 Å². The van der Waals surface area contributed by atoms with E-state index in [4.69, 9.17) is 18.1 Å². The van der Waals surface area contributed by atoms with Crippen molar-refractivity contribution in [3.8, 4) is 0 Å². The summed E-state index contributed by atoms with van der Waals surface area (Å²) < 4.78 is 123. The fraction of sp³-hybridized carbons (Fsp3) is 0.333. The molecule has 162 valence electrons. The smallest absolute Gasteiger partial charge is 0.534 e. The molecule has 0 bridgehead atoms. The number of halogens is 7. The molecular formula is C12H11F6IO7S2. The zero-order valence-corrected chi connectivity index (χ0v) is 17.2. The predicted octanol–water partition coefficient (Wildman–Crippen LogP) is -0.995. The lowest BCUT2D eigenvalue weighted by Crippen LogP contribution is -3.59. The summed E-state index contributed by atoms with van der Waals surface area (Å²) in [5.74, 6) is -0.613. The van der Waals surface area contributed by atoms with Crippen LogP contribution in [0.5, 0.6) is 0 Å². The maximum Gasteiger partial charge on any atom is 0.534 e. The fourth-order valence-electron chi connectivity index (χ4n) is 1.06. The molecule has 1 rings (SSSR count). The minimum Gasteiger partial charge on any atom is -0.741 e. The van der Waals surface area contributed by atoms with E-state index in [0.717, 1.165) is 9.13 Å². The van der Waals surface area contributed by atoms with Gasteiger partial charge in [0.05, 0.1) is 0 Å². The third-order valence-electron chi connectivity index (χ3n) is 2.31. The second-order valence-corrected chi connectivity index (χ2v) is 9.79. The quantitative estimate of drug-likeness (QED) is 0.120. The average molecular weight is 572 g/mol. The van der Waals surface area contributed by atoms with Gasteiger partial charge in [-0.25, -0.2) is 8.42 Å². The first-order valence-corrected chi connectivity index (χ1v) is 11.6. The molecule has 16 heteroatoms. The summed E-state index contributed by atoms with van der Waals surface area (Å²) in [7, 11) is -11.8. The summed E-state index contributed by atoms with van der Waals surface area (Å²) in [4.78, 5) is 0. The summed E-state index contributed by atoms with van der Waals surface area (Å²) in [6.07, 6.45) is 0. The Morgan fingerprint density at radius 1 is 1.11 bits per heavy atom. The number of hydrogen-bond donors (Lipinski definition) is 1. The number of alkyl halides is 6. The van der Waals surface area contributed by atoms with Gasteiger partial charge in [-0.15, -0.1) is 0 Å². The van der Waals surface area contributed by atoms with Crippen LogP contribution in [0.25, 0.3) is 0 Å². The van der Waals surface area contributed by atoms with Crippen LogP contribution >= 0.6 is 0 Å². The Bertz CT molecular complexity index is 892. The lowest BCUT2D eigenvalue weighted by molar-refractivity contribution is -0.559. The summed E-state index contributed by atoms with van der Waals surface area (Å²) in [5, 5.41) is 8.89. The molecule has 1 aromatic rings. The Labute approximate surface area is 166 Å². The molecule has 0 aliphatic carbocycles. The number of aliphatic hydroxyl groups excluding tert-OH is 1. The average Bonchev–Trinajstić information content (AvgIpc) is 2.50. The monoisotopic (exact) mass is 572 g/mol. The molecule has 0 radical (unpaired) electrons. The van der Waals surface area contributed by atoms with Gasteiger partial charge in [-0.2, -0.15) is 34.8 Å². The van der Waals surface area contributed by atoms with Crippen molar-refractivity contribution >= 4 is 20.2 Å². The standard InChI is InChI=1S/C11H11F3IO4S.CHF3O3S/c1-8-4-2-3-5-10(8)15-6-9(7-16)19-20(17,18)11(12,13)14;2-1(3,4)8(5,6)7/h2-6,16H,7H2,1H3;(H,5,6,7)/q+1;/p-1/b9-6+;. The summed E-state index contributed by atoms with van der Waals surface area (Å²) in [5.41, 5.74) is -10.2. The number of benzene rings is 1. The number of rotatable bonds is 5. The molecule has 0 spiro atoms. The van der Waals surface area contributed by atoms with Crippen molar-refractivity contribution in [1.29, 1.82) is 0 Å². The van der Waals surface area contributed by atoms with E-state index in [2.05, 4.69) is 4.18 Å². The molecule has 0 atom stereocenters. The highest BCUT2D eigenvalue weighted by Gasteiger charge is 2.49. The molecule has 0 fully saturated rings. The topological polar surface area (TPSA) is 121 Å². The zero-order chi connectivity index (χ0) is 22.4. The minimum atomic E-state index is -6.09. The van der Waals surface area contributed by atoms with Crippen LogP contribution in [0.2, 0.25) is 0 Å². The second-order valence-electron chi connectivity index (χ2n) is 4.47. The zero-order valence-electron chi connectivity index (χ0n) is 13.5. The third-order valence-corrected chi connectivity index (χ3v) is 6.76. The van der Waals surface area contributed by atoms with Gasteiger partial charge in [0.2, 0.25) is 4.08 Å². The maximum absolute atomic E-state index is 12.1. The van der Waals surface area contributed by atoms with Gasteiger partial charge in [0.1, 0.15) is 6.61 Å². The first-order chi connectivity index (χ1) is 12.4. The Morgan fingerprint density at radius 2 is 1.57 bits per heavy atom. The summed E-state index contributed by atoms with van der Waals surface area (Å²) >= 11 is -0.912. The first-order valence-electron chi connectivity index (χ1n) is 6.44. The van der Waals surface area contributed by atoms with E-state index < -0.39 is 64.8 Å². The van der Waals surface area contributed by atoms with Crippen LogP contribution in [-0.4, -0.2) is 44.1 Å². The molecule has 0 heterocycles. The van der Waals surface area contributed by atoms with Crippen molar-refractivity contribution in [2.24, 2.45) is 0 Å². The largest absolute Gasteiger partial charge is 0.741 e. The molecule has 7 nitrogen and oxygen atoms in total. The van der Waals surface area contributed by atoms with Crippen LogP contribution in [0.15, 0.2) is 34.1 Å². The van der Waals surface area contributed by atoms with Crippen LogP contribution in [0, 0.1) is 10.5 Å². The highest BCUT2D eigenvalue weighted by Crippen LogP contribution is 2.26. The van der Waals surface area contributed by atoms with Gasteiger partial charge in [0, 0.05) is 5.56 Å². The molecule has 1 aromatic carbocycles. The minimum absolute atomic E-state index is 0.613. The Kier molecular flexibility index (Phi) is 9.68. The van der Waals surface area contributed by atoms with E-state index in [1.54, 1.807) is 12.1 Å². The van der Waals surface area contributed by atoms with Gasteiger partial charge in [-0.05, 0) is 13.0 Å². The van der Waals surface area contributed by atoms with Gasteiger partial charge < -0.3 is 13.8 Å². The lowest BCUT2D eigenvalue weighted by atomic mass is 10.2. The number of aliphatic hydroxyl groups is 1. The molecule has 0 aliphatic rings. The molecule has 28 heavy (non-hydrogen) atoms. The van der Waals surface area contributed by atoms with Crippen molar-refractivity contribution in [3.05, 3.63) is 43.2 Å². The Morgan fingerprint density at radius 3 is 1.93 bits per heavy atom. The predicted molar refractivity (Wildman–Crippen MR) is 76.9 cm³/mol. The maximum atomic E-state index is 12.1. The van der Waals surface area contributed by atoms with Crippen LogP contribution in [0.4, 0.5) is 26.3 Å². The molecular weight excluding hydrogens is 561 g/mol. The van der Waals surface area contributed by atoms with Gasteiger partial charge in [-0.3, -0.25) is 0 Å². The molecule has 1 N–H and O–H groups in total. The van der Waals surface area contributed by atoms with E-state index in [9.17, 15) is 34.8 Å². The Balaban J connectivity index is 0.000000769. The highest BCUT2D eigenvalue weighted by molar-refractivity contribution is 7.87. The van der Waals surface area contributed by atoms with Crippen LogP contribution < -0.4 is 21.2 Å². The van der Waals surface area contributed by atoms with Gasteiger partial charge in [-0.1, -0.05) is 18.2 Å². The third kappa shape index (κ3) is 8.93. The van der Waals surface area contributed by atoms with E-state index in [0.29, 0.717) is 0 Å². The molecule has 0 unspecified atom stereocenters. The van der Waals surface area contributed by atoms with Crippen molar-refractivity contribution in [1.82, 2.24) is 0 Å². The highest BCUT2D eigenvalue weighted by atomic mass is 127. The molecule has 0 aromatic heterocycles. The van der Waals surface area contributed by atoms with Crippen LogP contribution in [0.1, 0.15) is 5.56 Å². The Hall–Kier alpha value is -1.11. The van der Waals surface area contributed by atoms with Gasteiger partial charge >= 0.3 is 42.3 Å².